The van der Waals surface area contributed by atoms with Crippen molar-refractivity contribution in [2.24, 2.45) is 0 Å². The molecular weight excluding hydrogens is 246 g/mol. The largest absolute Gasteiger partial charge is 0.196 e. The summed E-state index contributed by atoms with van der Waals surface area (Å²) in [5.74, 6) is 0. The van der Waals surface area contributed by atoms with Crippen LogP contribution in [0.25, 0.3) is 0 Å². The van der Waals surface area contributed by atoms with Crippen LogP contribution >= 0.6 is 27.5 Å². The molecule has 0 aliphatic carbocycles. The third-order valence-corrected chi connectivity index (χ3v) is 3.47. The van der Waals surface area contributed by atoms with Gasteiger partial charge >= 0.3 is 0 Å². The standard InChI is InChI=1S/C10H8BrNS/c11-9-7-13-12-10(9)6-8-4-2-1-3-5-8/h1-5,7H,6H2. The van der Waals surface area contributed by atoms with Gasteiger partial charge in [0.1, 0.15) is 0 Å². The van der Waals surface area contributed by atoms with E-state index in [2.05, 4.69) is 44.6 Å². The van der Waals surface area contributed by atoms with Gasteiger partial charge in [-0.2, -0.15) is 4.37 Å². The van der Waals surface area contributed by atoms with E-state index in [1.165, 1.54) is 17.1 Å². The molecule has 0 bridgehead atoms. The van der Waals surface area contributed by atoms with Crippen LogP contribution in [0.1, 0.15) is 11.3 Å². The first kappa shape index (κ1) is 8.91. The predicted octanol–water partition coefficient (Wildman–Crippen LogP) is 3.50. The summed E-state index contributed by atoms with van der Waals surface area (Å²) in [6.45, 7) is 0. The van der Waals surface area contributed by atoms with Crippen LogP contribution in [0.3, 0.4) is 0 Å². The Morgan fingerprint density at radius 1 is 1.23 bits per heavy atom. The average molecular weight is 254 g/mol. The topological polar surface area (TPSA) is 12.9 Å². The number of benzene rings is 1. The molecule has 13 heavy (non-hydrogen) atoms. The molecule has 3 heteroatoms. The molecule has 2 aromatic rings. The zero-order valence-corrected chi connectivity index (χ0v) is 9.31. The van der Waals surface area contributed by atoms with Gasteiger partial charge in [0.05, 0.1) is 10.2 Å². The molecule has 0 saturated carbocycles. The molecule has 0 unspecified atom stereocenters. The van der Waals surface area contributed by atoms with E-state index in [-0.39, 0.29) is 0 Å². The zero-order chi connectivity index (χ0) is 9.10. The van der Waals surface area contributed by atoms with Crippen LogP contribution in [0, 0.1) is 0 Å². The fourth-order valence-corrected chi connectivity index (χ4v) is 2.32. The van der Waals surface area contributed by atoms with Crippen LogP contribution in [-0.2, 0) is 6.42 Å². The van der Waals surface area contributed by atoms with Crippen LogP contribution in [-0.4, -0.2) is 4.37 Å². The van der Waals surface area contributed by atoms with E-state index in [9.17, 15) is 0 Å². The molecule has 2 rings (SSSR count). The van der Waals surface area contributed by atoms with Gasteiger partial charge in [-0.05, 0) is 33.0 Å². The minimum atomic E-state index is 0.908. The molecule has 1 nitrogen and oxygen atoms in total. The summed E-state index contributed by atoms with van der Waals surface area (Å²) < 4.78 is 5.42. The predicted molar refractivity (Wildman–Crippen MR) is 59.1 cm³/mol. The van der Waals surface area contributed by atoms with Crippen LogP contribution < -0.4 is 0 Å². The molecule has 1 heterocycles. The van der Waals surface area contributed by atoms with E-state index < -0.39 is 0 Å². The molecule has 0 saturated heterocycles. The highest BCUT2D eigenvalue weighted by atomic mass is 79.9. The highest BCUT2D eigenvalue weighted by molar-refractivity contribution is 9.10. The number of hydrogen-bond acceptors (Lipinski definition) is 2. The first-order chi connectivity index (χ1) is 6.36. The van der Waals surface area contributed by atoms with Gasteiger partial charge < -0.3 is 0 Å². The average Bonchev–Trinajstić information content (AvgIpc) is 2.54. The SMILES string of the molecule is Brc1csnc1Cc1ccccc1. The molecule has 0 atom stereocenters. The van der Waals surface area contributed by atoms with E-state index in [1.54, 1.807) is 0 Å². The van der Waals surface area contributed by atoms with Gasteiger partial charge in [0, 0.05) is 11.8 Å². The first-order valence-electron chi connectivity index (χ1n) is 3.99. The quantitative estimate of drug-likeness (QED) is 0.799. The van der Waals surface area contributed by atoms with Gasteiger partial charge in [0.25, 0.3) is 0 Å². The summed E-state index contributed by atoms with van der Waals surface area (Å²) in [7, 11) is 0. The zero-order valence-electron chi connectivity index (χ0n) is 6.90. The highest BCUT2D eigenvalue weighted by Crippen LogP contribution is 2.20. The number of rotatable bonds is 2. The smallest absolute Gasteiger partial charge is 0.0727 e. The Bertz CT molecular complexity index is 383. The van der Waals surface area contributed by atoms with E-state index in [0.29, 0.717) is 0 Å². The summed E-state index contributed by atoms with van der Waals surface area (Å²) in [4.78, 5) is 0. The maximum Gasteiger partial charge on any atom is 0.0727 e. The van der Waals surface area contributed by atoms with Crippen molar-refractivity contribution in [2.75, 3.05) is 0 Å². The molecule has 1 aromatic carbocycles. The van der Waals surface area contributed by atoms with Crippen LogP contribution in [0.2, 0.25) is 0 Å². The normalized spacial score (nSPS) is 10.2. The first-order valence-corrected chi connectivity index (χ1v) is 5.62. The summed E-state index contributed by atoms with van der Waals surface area (Å²) in [6.07, 6.45) is 0.908. The van der Waals surface area contributed by atoms with Crippen molar-refractivity contribution < 1.29 is 0 Å². The molecule has 0 amide bonds. The molecule has 66 valence electrons. The van der Waals surface area contributed by atoms with Crippen LogP contribution in [0.5, 0.6) is 0 Å². The summed E-state index contributed by atoms with van der Waals surface area (Å²) in [6, 6.07) is 10.4. The summed E-state index contributed by atoms with van der Waals surface area (Å²) in [5, 5.41) is 2.01. The van der Waals surface area contributed by atoms with Crippen molar-refractivity contribution >= 4 is 27.5 Å². The molecule has 0 fully saturated rings. The van der Waals surface area contributed by atoms with Crippen molar-refractivity contribution in [3.63, 3.8) is 0 Å². The van der Waals surface area contributed by atoms with Crippen molar-refractivity contribution in [1.82, 2.24) is 4.37 Å². The lowest BCUT2D eigenvalue weighted by Crippen LogP contribution is -1.87. The maximum atomic E-state index is 4.31. The van der Waals surface area contributed by atoms with Crippen LogP contribution in [0.4, 0.5) is 0 Å². The van der Waals surface area contributed by atoms with Gasteiger partial charge in [-0.3, -0.25) is 0 Å². The third-order valence-electron chi connectivity index (χ3n) is 1.81. The minimum Gasteiger partial charge on any atom is -0.196 e. The Kier molecular flexibility index (Phi) is 2.76. The Morgan fingerprint density at radius 2 is 2.00 bits per heavy atom. The molecule has 0 spiro atoms. The third kappa shape index (κ3) is 2.17. The Labute approximate surface area is 89.7 Å². The molecule has 0 radical (unpaired) electrons. The van der Waals surface area contributed by atoms with Gasteiger partial charge in [0.15, 0.2) is 0 Å². The van der Waals surface area contributed by atoms with Crippen molar-refractivity contribution in [1.29, 1.82) is 0 Å². The van der Waals surface area contributed by atoms with Crippen molar-refractivity contribution in [3.8, 4) is 0 Å². The summed E-state index contributed by atoms with van der Waals surface area (Å²) in [5.41, 5.74) is 2.42. The fourth-order valence-electron chi connectivity index (χ4n) is 1.15. The van der Waals surface area contributed by atoms with Gasteiger partial charge in [-0.1, -0.05) is 30.3 Å². The Balaban J connectivity index is 2.20. The van der Waals surface area contributed by atoms with Gasteiger partial charge in [-0.25, -0.2) is 0 Å². The Morgan fingerprint density at radius 3 is 2.62 bits per heavy atom. The van der Waals surface area contributed by atoms with Crippen molar-refractivity contribution in [3.05, 3.63) is 51.4 Å². The van der Waals surface area contributed by atoms with Crippen LogP contribution in [0.15, 0.2) is 40.2 Å². The molecule has 1 aromatic heterocycles. The molecule has 0 N–H and O–H groups in total. The van der Waals surface area contributed by atoms with Gasteiger partial charge in [-0.15, -0.1) is 0 Å². The second kappa shape index (κ2) is 4.03. The van der Waals surface area contributed by atoms with Crippen molar-refractivity contribution in [2.45, 2.75) is 6.42 Å². The molecular formula is C10H8BrNS. The number of aromatic nitrogens is 1. The molecule has 0 aliphatic rings. The molecule has 0 aliphatic heterocycles. The Hall–Kier alpha value is -0.670. The van der Waals surface area contributed by atoms with E-state index in [1.807, 2.05) is 11.4 Å². The fraction of sp³-hybridized carbons (Fsp3) is 0.100. The number of halogens is 1. The lowest BCUT2D eigenvalue weighted by atomic mass is 10.1. The number of hydrogen-bond donors (Lipinski definition) is 0. The lowest BCUT2D eigenvalue weighted by molar-refractivity contribution is 1.12. The van der Waals surface area contributed by atoms with E-state index in [0.717, 1.165) is 16.6 Å². The second-order valence-electron chi connectivity index (χ2n) is 2.77. The van der Waals surface area contributed by atoms with E-state index in [4.69, 9.17) is 0 Å². The minimum absolute atomic E-state index is 0.908. The lowest BCUT2D eigenvalue weighted by Gasteiger charge is -1.97. The number of nitrogens with zero attached hydrogens (tertiary/aromatic N) is 1. The monoisotopic (exact) mass is 253 g/mol. The second-order valence-corrected chi connectivity index (χ2v) is 4.25. The van der Waals surface area contributed by atoms with Gasteiger partial charge in [0.2, 0.25) is 0 Å². The highest BCUT2D eigenvalue weighted by Gasteiger charge is 2.02. The maximum absolute atomic E-state index is 4.31. The van der Waals surface area contributed by atoms with E-state index >= 15 is 0 Å². The summed E-state index contributed by atoms with van der Waals surface area (Å²) >= 11 is 4.96.